The zero-order valence-corrected chi connectivity index (χ0v) is 46.5. The lowest BCUT2D eigenvalue weighted by molar-refractivity contribution is -0.167. The molecular weight excluding hydrogens is 877 g/mol. The van der Waals surface area contributed by atoms with Crippen LogP contribution in [-0.2, 0) is 28.6 Å². The van der Waals surface area contributed by atoms with Crippen molar-refractivity contribution in [3.63, 3.8) is 0 Å². The Balaban J connectivity index is 4.48. The molecule has 0 saturated heterocycles. The van der Waals surface area contributed by atoms with Gasteiger partial charge in [0.15, 0.2) is 6.10 Å². The summed E-state index contributed by atoms with van der Waals surface area (Å²) in [4.78, 5) is 38.2. The summed E-state index contributed by atoms with van der Waals surface area (Å²) in [7, 11) is 0. The number of ether oxygens (including phenoxy) is 3. The molecule has 0 aromatic rings. The molecule has 0 aromatic heterocycles. The van der Waals surface area contributed by atoms with E-state index in [1.165, 1.54) is 128 Å². The first-order chi connectivity index (χ1) is 35.0. The normalized spacial score (nSPS) is 12.8. The highest BCUT2D eigenvalue weighted by molar-refractivity contribution is 5.71. The first kappa shape index (κ1) is 67.3. The van der Waals surface area contributed by atoms with Gasteiger partial charge in [0.05, 0.1) is 0 Å². The summed E-state index contributed by atoms with van der Waals surface area (Å²) < 4.78 is 16.9. The van der Waals surface area contributed by atoms with Gasteiger partial charge in [0, 0.05) is 19.3 Å². The molecule has 0 fully saturated rings. The van der Waals surface area contributed by atoms with Crippen LogP contribution in [0.4, 0.5) is 0 Å². The summed E-state index contributed by atoms with van der Waals surface area (Å²) in [5.41, 5.74) is 0. The number of carbonyl (C=O) groups is 3. The minimum Gasteiger partial charge on any atom is -0.462 e. The van der Waals surface area contributed by atoms with Crippen LogP contribution >= 0.6 is 0 Å². The molecular formula is C65H110O6. The van der Waals surface area contributed by atoms with Crippen molar-refractivity contribution in [3.8, 4) is 0 Å². The molecule has 0 aromatic carbocycles. The number of unbranched alkanes of at least 4 members (excludes halogenated alkanes) is 32. The van der Waals surface area contributed by atoms with E-state index in [2.05, 4.69) is 93.7 Å². The van der Waals surface area contributed by atoms with Crippen molar-refractivity contribution in [1.82, 2.24) is 0 Å². The summed E-state index contributed by atoms with van der Waals surface area (Å²) in [6.07, 6.45) is 78.1. The lowest BCUT2D eigenvalue weighted by Crippen LogP contribution is -2.30. The summed E-state index contributed by atoms with van der Waals surface area (Å²) in [5, 5.41) is 0. The van der Waals surface area contributed by atoms with Crippen molar-refractivity contribution in [2.24, 2.45) is 0 Å². The predicted molar refractivity (Wildman–Crippen MR) is 307 cm³/mol. The molecule has 0 radical (unpaired) electrons. The van der Waals surface area contributed by atoms with Crippen LogP contribution in [0.25, 0.3) is 0 Å². The van der Waals surface area contributed by atoms with Gasteiger partial charge in [-0.05, 0) is 64.2 Å². The van der Waals surface area contributed by atoms with Gasteiger partial charge >= 0.3 is 17.9 Å². The maximum Gasteiger partial charge on any atom is 0.306 e. The van der Waals surface area contributed by atoms with Crippen molar-refractivity contribution in [3.05, 3.63) is 97.2 Å². The van der Waals surface area contributed by atoms with Crippen LogP contribution in [0.15, 0.2) is 97.2 Å². The Kier molecular flexibility index (Phi) is 55.9. The third kappa shape index (κ3) is 57.1. The monoisotopic (exact) mass is 987 g/mol. The second kappa shape index (κ2) is 58.9. The number of hydrogen-bond donors (Lipinski definition) is 0. The van der Waals surface area contributed by atoms with E-state index in [4.69, 9.17) is 14.2 Å². The summed E-state index contributed by atoms with van der Waals surface area (Å²) in [5.74, 6) is -0.931. The average Bonchev–Trinajstić information content (AvgIpc) is 3.37. The topological polar surface area (TPSA) is 78.9 Å². The molecule has 0 bridgehead atoms. The van der Waals surface area contributed by atoms with Gasteiger partial charge in [-0.1, -0.05) is 291 Å². The molecule has 0 heterocycles. The maximum absolute atomic E-state index is 12.9. The number of rotatable bonds is 53. The number of hydrogen-bond acceptors (Lipinski definition) is 6. The maximum atomic E-state index is 12.9. The van der Waals surface area contributed by atoms with Gasteiger partial charge in [0.25, 0.3) is 0 Å². The highest BCUT2D eigenvalue weighted by atomic mass is 16.6. The number of carbonyl (C=O) groups excluding carboxylic acids is 3. The smallest absolute Gasteiger partial charge is 0.306 e. The fraction of sp³-hybridized carbons (Fsp3) is 0.708. The van der Waals surface area contributed by atoms with E-state index < -0.39 is 6.10 Å². The van der Waals surface area contributed by atoms with Gasteiger partial charge in [-0.25, -0.2) is 0 Å². The van der Waals surface area contributed by atoms with Crippen molar-refractivity contribution >= 4 is 17.9 Å². The molecule has 0 aliphatic heterocycles. The van der Waals surface area contributed by atoms with Gasteiger partial charge in [-0.2, -0.15) is 0 Å². The van der Waals surface area contributed by atoms with Gasteiger partial charge < -0.3 is 14.2 Å². The Morgan fingerprint density at radius 2 is 0.535 bits per heavy atom. The van der Waals surface area contributed by atoms with Gasteiger partial charge in [0.1, 0.15) is 13.2 Å². The molecule has 6 nitrogen and oxygen atoms in total. The summed E-state index contributed by atoms with van der Waals surface area (Å²) >= 11 is 0. The Morgan fingerprint density at radius 3 is 0.845 bits per heavy atom. The standard InChI is InChI=1S/C65H110O6/c1-4-7-10-13-16-19-22-25-28-31-34-37-40-43-46-49-52-55-58-64(67)70-61-62(60-69-63(66)57-54-51-48-45-42-39-36-33-30-27-24-21-18-15-12-9-6-3)71-65(68)59-56-53-50-47-44-41-38-35-32-29-26-23-20-17-14-11-8-5-2/h10,13,16,19,22-23,25-26,28-29,31-32,34-35,37-38,62H,4-9,11-12,14-15,17-18,20-21,24,27,30,33,36,39-61H2,1-3H3/b13-10-,19-16-,25-22-,26-23-,31-28-,32-29-,37-34-,38-35-. The molecule has 0 aliphatic carbocycles. The number of esters is 3. The van der Waals surface area contributed by atoms with E-state index in [1.54, 1.807) is 0 Å². The van der Waals surface area contributed by atoms with Gasteiger partial charge in [-0.3, -0.25) is 14.4 Å². The second-order valence-electron chi connectivity index (χ2n) is 19.7. The van der Waals surface area contributed by atoms with Crippen LogP contribution in [0.3, 0.4) is 0 Å². The minimum atomic E-state index is -0.800. The molecule has 406 valence electrons. The predicted octanol–water partition coefficient (Wildman–Crippen LogP) is 20.1. The first-order valence-electron chi connectivity index (χ1n) is 29.8. The van der Waals surface area contributed by atoms with E-state index in [9.17, 15) is 14.4 Å². The molecule has 0 saturated carbocycles. The van der Waals surface area contributed by atoms with Crippen LogP contribution in [0.1, 0.15) is 278 Å². The molecule has 71 heavy (non-hydrogen) atoms. The average molecular weight is 988 g/mol. The highest BCUT2D eigenvalue weighted by Crippen LogP contribution is 2.16. The molecule has 6 heteroatoms. The molecule has 0 rings (SSSR count). The van der Waals surface area contributed by atoms with E-state index in [0.29, 0.717) is 19.3 Å². The fourth-order valence-electron chi connectivity index (χ4n) is 8.24. The molecule has 0 aliphatic rings. The zero-order chi connectivity index (χ0) is 51.4. The van der Waals surface area contributed by atoms with Crippen LogP contribution in [0.2, 0.25) is 0 Å². The van der Waals surface area contributed by atoms with Crippen molar-refractivity contribution in [1.29, 1.82) is 0 Å². The Labute approximate surface area is 438 Å². The number of allylic oxidation sites excluding steroid dienone is 16. The van der Waals surface area contributed by atoms with Gasteiger partial charge in [-0.15, -0.1) is 0 Å². The van der Waals surface area contributed by atoms with Crippen LogP contribution in [0.5, 0.6) is 0 Å². The quantitative estimate of drug-likeness (QED) is 0.0261. The Hall–Kier alpha value is -3.67. The van der Waals surface area contributed by atoms with Crippen molar-refractivity contribution < 1.29 is 28.6 Å². The molecule has 0 N–H and O–H groups in total. The van der Waals surface area contributed by atoms with Crippen LogP contribution < -0.4 is 0 Å². The largest absolute Gasteiger partial charge is 0.462 e. The van der Waals surface area contributed by atoms with Crippen LogP contribution in [0, 0.1) is 0 Å². The van der Waals surface area contributed by atoms with E-state index >= 15 is 0 Å². The van der Waals surface area contributed by atoms with Crippen molar-refractivity contribution in [2.45, 2.75) is 284 Å². The molecule has 1 unspecified atom stereocenters. The third-order valence-corrected chi connectivity index (χ3v) is 12.7. The SMILES string of the molecule is CCC\C=C/C=C\C=C/C=C\C=C/CCCCCCCC(=O)OCC(COC(=O)CCCCCCCCCCCCCCCCCCC)OC(=O)CCCCCCC\C=C/C=C\C=C/CCCCCCC. The minimum absolute atomic E-state index is 0.0930. The first-order valence-corrected chi connectivity index (χ1v) is 29.8. The Bertz CT molecular complexity index is 1410. The second-order valence-corrected chi connectivity index (χ2v) is 19.7. The van der Waals surface area contributed by atoms with Crippen LogP contribution in [-0.4, -0.2) is 37.2 Å². The highest BCUT2D eigenvalue weighted by Gasteiger charge is 2.19. The summed E-state index contributed by atoms with van der Waals surface area (Å²) in [6.45, 7) is 6.52. The van der Waals surface area contributed by atoms with E-state index in [0.717, 1.165) is 109 Å². The molecule has 1 atom stereocenters. The zero-order valence-electron chi connectivity index (χ0n) is 46.5. The lowest BCUT2D eigenvalue weighted by atomic mass is 10.0. The van der Waals surface area contributed by atoms with Gasteiger partial charge in [0.2, 0.25) is 0 Å². The fourth-order valence-corrected chi connectivity index (χ4v) is 8.24. The molecule has 0 amide bonds. The lowest BCUT2D eigenvalue weighted by Gasteiger charge is -2.18. The summed E-state index contributed by atoms with van der Waals surface area (Å²) in [6, 6.07) is 0. The molecule has 0 spiro atoms. The third-order valence-electron chi connectivity index (χ3n) is 12.7. The van der Waals surface area contributed by atoms with E-state index in [-0.39, 0.29) is 31.1 Å². The Morgan fingerprint density at radius 1 is 0.282 bits per heavy atom. The van der Waals surface area contributed by atoms with E-state index in [1.807, 2.05) is 24.3 Å². The van der Waals surface area contributed by atoms with Crippen molar-refractivity contribution in [2.75, 3.05) is 13.2 Å².